The molecular formula is C25H29F3N4OS. The van der Waals surface area contributed by atoms with E-state index in [9.17, 15) is 18.0 Å². The van der Waals surface area contributed by atoms with E-state index in [0.29, 0.717) is 30.9 Å². The highest BCUT2D eigenvalue weighted by Gasteiger charge is 2.33. The first-order valence-corrected chi connectivity index (χ1v) is 12.7. The van der Waals surface area contributed by atoms with E-state index in [1.165, 1.54) is 30.7 Å². The average Bonchev–Trinajstić information content (AvgIpc) is 3.58. The number of para-hydroxylation sites is 1. The van der Waals surface area contributed by atoms with E-state index in [1.54, 1.807) is 6.08 Å². The van der Waals surface area contributed by atoms with E-state index < -0.39 is 11.7 Å². The second-order valence-electron chi connectivity index (χ2n) is 8.83. The topological polar surface area (TPSA) is 59.8 Å². The second-order valence-corrected chi connectivity index (χ2v) is 9.77. The summed E-state index contributed by atoms with van der Waals surface area (Å²) >= 11 is 1.48. The maximum atomic E-state index is 12.9. The van der Waals surface area contributed by atoms with Crippen LogP contribution in [-0.4, -0.2) is 39.1 Å². The number of halogens is 3. The molecule has 0 radical (unpaired) electrons. The van der Waals surface area contributed by atoms with Crippen molar-refractivity contribution in [1.29, 1.82) is 0 Å². The van der Waals surface area contributed by atoms with Gasteiger partial charge in [0.1, 0.15) is 5.82 Å². The number of benzene rings is 1. The highest BCUT2D eigenvalue weighted by atomic mass is 32.2. The molecule has 9 heteroatoms. The van der Waals surface area contributed by atoms with Gasteiger partial charge in [0.05, 0.1) is 0 Å². The molecular weight excluding hydrogens is 461 g/mol. The Morgan fingerprint density at radius 1 is 1.09 bits per heavy atom. The number of nitrogens with one attached hydrogen (secondary N) is 1. The number of hydrogen-bond donors (Lipinski definition) is 1. The van der Waals surface area contributed by atoms with E-state index >= 15 is 0 Å². The molecule has 1 N–H and O–H groups in total. The van der Waals surface area contributed by atoms with Crippen molar-refractivity contribution in [3.05, 3.63) is 59.5 Å². The third kappa shape index (κ3) is 6.98. The molecule has 34 heavy (non-hydrogen) atoms. The number of rotatable bonds is 11. The normalized spacial score (nSPS) is 16.2. The van der Waals surface area contributed by atoms with Crippen LogP contribution in [0.3, 0.4) is 0 Å². The zero-order valence-electron chi connectivity index (χ0n) is 19.0. The summed E-state index contributed by atoms with van der Waals surface area (Å²) in [5.41, 5.74) is 1.43. The minimum absolute atomic E-state index is 0.0146. The van der Waals surface area contributed by atoms with Crippen molar-refractivity contribution in [1.82, 2.24) is 20.1 Å². The zero-order valence-corrected chi connectivity index (χ0v) is 19.8. The van der Waals surface area contributed by atoms with Crippen molar-refractivity contribution < 1.29 is 18.0 Å². The van der Waals surface area contributed by atoms with Crippen molar-refractivity contribution in [2.24, 2.45) is 5.92 Å². The molecule has 1 heterocycles. The van der Waals surface area contributed by atoms with E-state index in [-0.39, 0.29) is 12.3 Å². The Morgan fingerprint density at radius 3 is 2.56 bits per heavy atom. The van der Waals surface area contributed by atoms with Gasteiger partial charge in [0.25, 0.3) is 0 Å². The smallest absolute Gasteiger partial charge is 0.356 e. The summed E-state index contributed by atoms with van der Waals surface area (Å²) in [5, 5.41) is 12.5. The molecule has 1 saturated carbocycles. The highest BCUT2D eigenvalue weighted by Crippen LogP contribution is 2.34. The number of amides is 1. The standard InChI is InChI=1S/C25H29F3N4OS/c26-25(27,28)20-14-12-19(13-15-20)17-34-24-31-30-22(32(24)21-6-2-1-3-7-21)8-4-5-9-23(33)29-16-18-10-11-18/h1-3,6-7,12,14,18H,4-5,8-11,13,15-17H2,(H,29,33). The summed E-state index contributed by atoms with van der Waals surface area (Å²) in [5.74, 6) is 2.17. The van der Waals surface area contributed by atoms with Gasteiger partial charge < -0.3 is 5.32 Å². The molecule has 2 aromatic rings. The Morgan fingerprint density at radius 2 is 1.88 bits per heavy atom. The lowest BCUT2D eigenvalue weighted by atomic mass is 9.99. The minimum Gasteiger partial charge on any atom is -0.356 e. The molecule has 182 valence electrons. The number of nitrogens with zero attached hydrogens (tertiary/aromatic N) is 3. The number of carbonyl (C=O) groups excluding carboxylic acids is 1. The highest BCUT2D eigenvalue weighted by molar-refractivity contribution is 7.99. The number of aromatic nitrogens is 3. The molecule has 0 bridgehead atoms. The Labute approximate surface area is 201 Å². The summed E-state index contributed by atoms with van der Waals surface area (Å²) in [6.07, 6.45) is 4.17. The molecule has 1 aromatic heterocycles. The van der Waals surface area contributed by atoms with Crippen LogP contribution in [0.2, 0.25) is 0 Å². The maximum absolute atomic E-state index is 12.9. The van der Waals surface area contributed by atoms with Gasteiger partial charge >= 0.3 is 6.18 Å². The molecule has 4 rings (SSSR count). The number of thioether (sulfide) groups is 1. The van der Waals surface area contributed by atoms with E-state index in [4.69, 9.17) is 0 Å². The third-order valence-electron chi connectivity index (χ3n) is 6.04. The van der Waals surface area contributed by atoms with Gasteiger partial charge in [-0.15, -0.1) is 10.2 Å². The van der Waals surface area contributed by atoms with E-state index in [1.807, 2.05) is 34.9 Å². The third-order valence-corrected chi connectivity index (χ3v) is 7.08. The fraction of sp³-hybridized carbons (Fsp3) is 0.480. The quantitative estimate of drug-likeness (QED) is 0.319. The molecule has 0 unspecified atom stereocenters. The van der Waals surface area contributed by atoms with Crippen LogP contribution in [0.25, 0.3) is 5.69 Å². The number of carbonyl (C=O) groups is 1. The first-order chi connectivity index (χ1) is 16.4. The minimum atomic E-state index is -4.25. The molecule has 2 aliphatic rings. The van der Waals surface area contributed by atoms with Crippen molar-refractivity contribution in [2.45, 2.75) is 62.7 Å². The number of allylic oxidation sites excluding steroid dienone is 3. The first-order valence-electron chi connectivity index (χ1n) is 11.7. The summed E-state index contributed by atoms with van der Waals surface area (Å²) < 4.78 is 40.6. The summed E-state index contributed by atoms with van der Waals surface area (Å²) in [4.78, 5) is 12.0. The first kappa shape index (κ1) is 24.6. The van der Waals surface area contributed by atoms with Gasteiger partial charge in [0.15, 0.2) is 5.16 Å². The molecule has 1 fully saturated rings. The van der Waals surface area contributed by atoms with Crippen molar-refractivity contribution >= 4 is 17.7 Å². The van der Waals surface area contributed by atoms with E-state index in [2.05, 4.69) is 15.5 Å². The lowest BCUT2D eigenvalue weighted by Gasteiger charge is -2.17. The largest absolute Gasteiger partial charge is 0.412 e. The molecule has 1 aromatic carbocycles. The number of alkyl halides is 3. The lowest BCUT2D eigenvalue weighted by Crippen LogP contribution is -2.25. The number of hydrogen-bond acceptors (Lipinski definition) is 4. The fourth-order valence-corrected chi connectivity index (χ4v) is 4.82. The van der Waals surface area contributed by atoms with Gasteiger partial charge in [-0.2, -0.15) is 13.2 Å². The van der Waals surface area contributed by atoms with Crippen molar-refractivity contribution in [3.63, 3.8) is 0 Å². The van der Waals surface area contributed by atoms with Crippen LogP contribution in [0.5, 0.6) is 0 Å². The predicted octanol–water partition coefficient (Wildman–Crippen LogP) is 5.81. The summed E-state index contributed by atoms with van der Waals surface area (Å²) in [6, 6.07) is 9.81. The van der Waals surface area contributed by atoms with Gasteiger partial charge in [0, 0.05) is 36.4 Å². The van der Waals surface area contributed by atoms with Crippen LogP contribution in [0.4, 0.5) is 13.2 Å². The maximum Gasteiger partial charge on any atom is 0.412 e. The summed E-state index contributed by atoms with van der Waals surface area (Å²) in [7, 11) is 0. The fourth-order valence-electron chi connectivity index (χ4n) is 3.82. The summed E-state index contributed by atoms with van der Waals surface area (Å²) in [6.45, 7) is 0.797. The van der Waals surface area contributed by atoms with Gasteiger partial charge in [-0.3, -0.25) is 9.36 Å². The predicted molar refractivity (Wildman–Crippen MR) is 127 cm³/mol. The van der Waals surface area contributed by atoms with E-state index in [0.717, 1.165) is 41.6 Å². The molecule has 0 atom stereocenters. The average molecular weight is 491 g/mol. The van der Waals surface area contributed by atoms with Gasteiger partial charge in [-0.25, -0.2) is 0 Å². The Hall–Kier alpha value is -2.55. The Balaban J connectivity index is 1.36. The SMILES string of the molecule is O=C(CCCCc1nnc(SCC2=CC=C(C(F)(F)F)CC2)n1-c1ccccc1)NCC1CC1. The molecule has 0 aliphatic heterocycles. The van der Waals surface area contributed by atoms with Crippen LogP contribution in [0, 0.1) is 5.92 Å². The van der Waals surface area contributed by atoms with Crippen LogP contribution >= 0.6 is 11.8 Å². The van der Waals surface area contributed by atoms with Crippen molar-refractivity contribution in [3.8, 4) is 5.69 Å². The monoisotopic (exact) mass is 490 g/mol. The zero-order chi connectivity index (χ0) is 24.0. The second kappa shape index (κ2) is 11.3. The Kier molecular flexibility index (Phi) is 8.13. The van der Waals surface area contributed by atoms with Crippen LogP contribution in [0.1, 0.15) is 50.8 Å². The molecule has 1 amide bonds. The van der Waals surface area contributed by atoms with Gasteiger partial charge in [-0.05, 0) is 56.6 Å². The molecule has 5 nitrogen and oxygen atoms in total. The van der Waals surface area contributed by atoms with Crippen LogP contribution in [-0.2, 0) is 11.2 Å². The van der Waals surface area contributed by atoms with Crippen LogP contribution in [0.15, 0.2) is 58.8 Å². The number of unbranched alkanes of at least 4 members (excludes halogenated alkanes) is 1. The lowest BCUT2D eigenvalue weighted by molar-refractivity contribution is -0.121. The Bertz CT molecular complexity index is 1040. The molecule has 2 aliphatic carbocycles. The number of aryl methyl sites for hydroxylation is 1. The van der Waals surface area contributed by atoms with Gasteiger partial charge in [-0.1, -0.05) is 47.7 Å². The van der Waals surface area contributed by atoms with Gasteiger partial charge in [0.2, 0.25) is 5.91 Å². The van der Waals surface area contributed by atoms with Crippen molar-refractivity contribution in [2.75, 3.05) is 12.3 Å². The molecule has 0 spiro atoms. The molecule has 0 saturated heterocycles. The van der Waals surface area contributed by atoms with Crippen LogP contribution < -0.4 is 5.32 Å².